The number of carbonyl (C=O) groups excluding carboxylic acids is 1. The van der Waals surface area contributed by atoms with E-state index in [1.807, 2.05) is 0 Å². The average molecular weight is 338 g/mol. The minimum atomic E-state index is -0.569. The van der Waals surface area contributed by atoms with Crippen LogP contribution in [-0.4, -0.2) is 41.4 Å². The van der Waals surface area contributed by atoms with Gasteiger partial charge in [0.2, 0.25) is 6.29 Å². The summed E-state index contributed by atoms with van der Waals surface area (Å²) in [4.78, 5) is 17.0. The molecule has 2 N–H and O–H groups in total. The maximum absolute atomic E-state index is 12.2. The first-order chi connectivity index (χ1) is 11.1. The van der Waals surface area contributed by atoms with Crippen LogP contribution in [0.15, 0.2) is 6.20 Å². The van der Waals surface area contributed by atoms with Crippen LogP contribution in [0.3, 0.4) is 0 Å². The van der Waals surface area contributed by atoms with E-state index in [1.165, 1.54) is 17.8 Å². The number of amides is 1. The monoisotopic (exact) mass is 338 g/mol. The van der Waals surface area contributed by atoms with Gasteiger partial charge in [-0.25, -0.2) is 4.98 Å². The molecule has 4 rings (SSSR count). The number of aromatic nitrogens is 1. The van der Waals surface area contributed by atoms with Crippen LogP contribution >= 0.6 is 11.3 Å². The summed E-state index contributed by atoms with van der Waals surface area (Å²) < 4.78 is 10.8. The Labute approximate surface area is 139 Å². The molecule has 1 aromatic heterocycles. The van der Waals surface area contributed by atoms with Crippen molar-refractivity contribution in [3.8, 4) is 0 Å². The highest BCUT2D eigenvalue weighted by atomic mass is 32.1. The van der Waals surface area contributed by atoms with Crippen LogP contribution in [0.4, 0.5) is 0 Å². The van der Waals surface area contributed by atoms with Gasteiger partial charge in [-0.2, -0.15) is 0 Å². The molecular weight excluding hydrogens is 316 g/mol. The van der Waals surface area contributed by atoms with Gasteiger partial charge >= 0.3 is 0 Å². The number of nitrogens with one attached hydrogen (secondary N) is 1. The predicted octanol–water partition coefficient (Wildman–Crippen LogP) is 1.86. The number of carbonyl (C=O) groups is 1. The van der Waals surface area contributed by atoms with Gasteiger partial charge in [0, 0.05) is 6.54 Å². The third-order valence-electron chi connectivity index (χ3n) is 5.36. The molecule has 0 unspecified atom stereocenters. The van der Waals surface area contributed by atoms with Crippen molar-refractivity contribution in [3.63, 3.8) is 0 Å². The quantitative estimate of drug-likeness (QED) is 0.856. The van der Waals surface area contributed by atoms with Crippen LogP contribution in [-0.2, 0) is 9.47 Å². The maximum Gasteiger partial charge on any atom is 0.263 e. The van der Waals surface area contributed by atoms with Crippen molar-refractivity contribution < 1.29 is 19.4 Å². The largest absolute Gasteiger partial charge is 0.390 e. The fourth-order valence-electron chi connectivity index (χ4n) is 4.20. The second-order valence-electron chi connectivity index (χ2n) is 6.83. The smallest absolute Gasteiger partial charge is 0.263 e. The van der Waals surface area contributed by atoms with Crippen molar-refractivity contribution in [1.82, 2.24) is 10.3 Å². The Balaban J connectivity index is 1.28. The normalized spacial score (nSPS) is 33.4. The number of rotatable bonds is 5. The van der Waals surface area contributed by atoms with Gasteiger partial charge < -0.3 is 19.9 Å². The van der Waals surface area contributed by atoms with Crippen LogP contribution in [0.25, 0.3) is 0 Å². The number of aliphatic hydroxyl groups is 1. The molecule has 0 spiro atoms. The SMILES string of the molecule is O=C(NCC[C@@]1(O)C[C@H]2CC[C@H]1C2)c1cnc(C2OCCO2)s1. The van der Waals surface area contributed by atoms with Crippen molar-refractivity contribution in [2.75, 3.05) is 19.8 Å². The van der Waals surface area contributed by atoms with E-state index in [1.54, 1.807) is 6.20 Å². The van der Waals surface area contributed by atoms with E-state index in [0.717, 1.165) is 19.3 Å². The molecule has 1 saturated heterocycles. The maximum atomic E-state index is 12.2. The zero-order valence-corrected chi connectivity index (χ0v) is 13.8. The second kappa shape index (κ2) is 6.12. The van der Waals surface area contributed by atoms with Gasteiger partial charge in [0.05, 0.1) is 25.0 Å². The average Bonchev–Trinajstić information content (AvgIpc) is 3.29. The van der Waals surface area contributed by atoms with Crippen molar-refractivity contribution in [3.05, 3.63) is 16.1 Å². The Hall–Kier alpha value is -1.02. The molecule has 0 aromatic carbocycles. The molecule has 3 atom stereocenters. The first-order valence-corrected chi connectivity index (χ1v) is 9.15. The van der Waals surface area contributed by atoms with E-state index in [0.29, 0.717) is 47.9 Å². The van der Waals surface area contributed by atoms with Gasteiger partial charge in [0.1, 0.15) is 9.88 Å². The third-order valence-corrected chi connectivity index (χ3v) is 6.38. The summed E-state index contributed by atoms with van der Waals surface area (Å²) in [7, 11) is 0. The first-order valence-electron chi connectivity index (χ1n) is 8.33. The topological polar surface area (TPSA) is 80.7 Å². The lowest BCUT2D eigenvalue weighted by Crippen LogP contribution is -2.39. The van der Waals surface area contributed by atoms with Crippen LogP contribution < -0.4 is 5.32 Å². The zero-order valence-electron chi connectivity index (χ0n) is 13.0. The Morgan fingerprint density at radius 3 is 2.96 bits per heavy atom. The van der Waals surface area contributed by atoms with Gasteiger partial charge in [-0.1, -0.05) is 0 Å². The molecule has 23 heavy (non-hydrogen) atoms. The minimum absolute atomic E-state index is 0.140. The summed E-state index contributed by atoms with van der Waals surface area (Å²) in [5.41, 5.74) is -0.569. The first kappa shape index (κ1) is 15.5. The lowest BCUT2D eigenvalue weighted by atomic mass is 9.82. The number of thiazole rings is 1. The van der Waals surface area contributed by atoms with E-state index in [2.05, 4.69) is 10.3 Å². The standard InChI is InChI=1S/C16H22N2O4S/c19-13(12-9-18-14(23-12)15-21-5-6-22-15)17-4-3-16(20)8-10-1-2-11(16)7-10/h9-11,15,20H,1-8H2,(H,17,19)/t10-,11-,16+/m0/s1. The summed E-state index contributed by atoms with van der Waals surface area (Å²) in [6.45, 7) is 1.63. The lowest BCUT2D eigenvalue weighted by molar-refractivity contribution is -0.0442. The number of ether oxygens (including phenoxy) is 2. The highest BCUT2D eigenvalue weighted by molar-refractivity contribution is 7.13. The summed E-state index contributed by atoms with van der Waals surface area (Å²) in [5, 5.41) is 14.3. The van der Waals surface area contributed by atoms with Crippen molar-refractivity contribution >= 4 is 17.2 Å². The van der Waals surface area contributed by atoms with E-state index in [9.17, 15) is 9.90 Å². The van der Waals surface area contributed by atoms with Gasteiger partial charge in [-0.05, 0) is 43.9 Å². The van der Waals surface area contributed by atoms with Crippen LogP contribution in [0, 0.1) is 11.8 Å². The number of fused-ring (bicyclic) bond motifs is 2. The molecule has 3 aliphatic rings. The Kier molecular flexibility index (Phi) is 4.13. The number of hydrogen-bond donors (Lipinski definition) is 2. The van der Waals surface area contributed by atoms with E-state index in [4.69, 9.17) is 9.47 Å². The molecule has 1 aliphatic heterocycles. The fourth-order valence-corrected chi connectivity index (χ4v) is 5.04. The Bertz CT molecular complexity index is 586. The molecule has 1 amide bonds. The van der Waals surface area contributed by atoms with E-state index < -0.39 is 11.9 Å². The van der Waals surface area contributed by atoms with Crippen molar-refractivity contribution in [2.24, 2.45) is 11.8 Å². The third kappa shape index (κ3) is 3.03. The van der Waals surface area contributed by atoms with Crippen molar-refractivity contribution in [1.29, 1.82) is 0 Å². The summed E-state index contributed by atoms with van der Waals surface area (Å²) >= 11 is 1.30. The predicted molar refractivity (Wildman–Crippen MR) is 84.1 cm³/mol. The van der Waals surface area contributed by atoms with Crippen molar-refractivity contribution in [2.45, 2.75) is 44.0 Å². The number of hydrogen-bond acceptors (Lipinski definition) is 6. The molecule has 2 bridgehead atoms. The highest BCUT2D eigenvalue weighted by Crippen LogP contribution is 2.51. The summed E-state index contributed by atoms with van der Waals surface area (Å²) in [6, 6.07) is 0. The molecule has 126 valence electrons. The molecule has 7 heteroatoms. The van der Waals surface area contributed by atoms with Crippen LogP contribution in [0.2, 0.25) is 0 Å². The Morgan fingerprint density at radius 1 is 1.43 bits per heavy atom. The van der Waals surface area contributed by atoms with E-state index in [-0.39, 0.29) is 5.91 Å². The molecule has 1 aromatic rings. The molecule has 2 heterocycles. The van der Waals surface area contributed by atoms with Gasteiger partial charge in [-0.3, -0.25) is 4.79 Å². The summed E-state index contributed by atoms with van der Waals surface area (Å²) in [6.07, 6.45) is 6.21. The molecule has 6 nitrogen and oxygen atoms in total. The minimum Gasteiger partial charge on any atom is -0.390 e. The highest BCUT2D eigenvalue weighted by Gasteiger charge is 2.49. The van der Waals surface area contributed by atoms with Gasteiger partial charge in [0.15, 0.2) is 0 Å². The second-order valence-corrected chi connectivity index (χ2v) is 7.89. The van der Waals surface area contributed by atoms with E-state index >= 15 is 0 Å². The molecule has 0 radical (unpaired) electrons. The van der Waals surface area contributed by atoms with Crippen LogP contribution in [0.1, 0.15) is 53.1 Å². The lowest BCUT2D eigenvalue weighted by Gasteiger charge is -2.32. The van der Waals surface area contributed by atoms with Gasteiger partial charge in [0.25, 0.3) is 5.91 Å². The van der Waals surface area contributed by atoms with Crippen LogP contribution in [0.5, 0.6) is 0 Å². The zero-order chi connectivity index (χ0) is 15.9. The Morgan fingerprint density at radius 2 is 2.26 bits per heavy atom. The molecule has 3 fully saturated rings. The van der Waals surface area contributed by atoms with Gasteiger partial charge in [-0.15, -0.1) is 11.3 Å². The summed E-state index contributed by atoms with van der Waals surface area (Å²) in [5.74, 6) is 0.978. The molecular formula is C16H22N2O4S. The molecule has 2 saturated carbocycles. The molecule has 2 aliphatic carbocycles. The number of nitrogens with zero attached hydrogens (tertiary/aromatic N) is 1. The fraction of sp³-hybridized carbons (Fsp3) is 0.750.